The Morgan fingerprint density at radius 2 is 0.874 bits per heavy atom. The van der Waals surface area contributed by atoms with E-state index in [9.17, 15) is 19.5 Å². The van der Waals surface area contributed by atoms with Gasteiger partial charge in [-0.25, -0.2) is 0 Å². The number of carbonyl (C=O) groups is 3. The van der Waals surface area contributed by atoms with E-state index in [0.717, 1.165) is 137 Å². The lowest BCUT2D eigenvalue weighted by Gasteiger charge is -2.29. The molecule has 1 amide bonds. The Bertz CT molecular complexity index is 4410. The van der Waals surface area contributed by atoms with Gasteiger partial charge in [0.25, 0.3) is 0 Å². The van der Waals surface area contributed by atoms with Crippen LogP contribution in [0.5, 0.6) is 0 Å². The van der Waals surface area contributed by atoms with Gasteiger partial charge in [0, 0.05) is 80.4 Å². The Labute approximate surface area is 536 Å². The molecule has 1 saturated heterocycles. The summed E-state index contributed by atoms with van der Waals surface area (Å²) in [5.41, 5.74) is 12.7. The molecule has 3 aliphatic carbocycles. The van der Waals surface area contributed by atoms with Crippen LogP contribution in [0.2, 0.25) is 0 Å². The van der Waals surface area contributed by atoms with Crippen LogP contribution in [-0.4, -0.2) is 123 Å². The van der Waals surface area contributed by atoms with E-state index in [-0.39, 0.29) is 29.6 Å². The number of carboxylic acid groups (broad SMARTS) is 1. The van der Waals surface area contributed by atoms with Crippen LogP contribution in [0.1, 0.15) is 99.6 Å². The number of fused-ring (bicyclic) bond motifs is 15. The summed E-state index contributed by atoms with van der Waals surface area (Å²) in [6.45, 7) is 9.91. The molecule has 25 heteroatoms. The van der Waals surface area contributed by atoms with Gasteiger partial charge in [-0.1, -0.05) is 102 Å². The number of esters is 1. The Morgan fingerprint density at radius 3 is 1.25 bits per heavy atom. The highest BCUT2D eigenvalue weighted by Crippen LogP contribution is 2.47. The van der Waals surface area contributed by atoms with Gasteiger partial charge in [0.1, 0.15) is 52.1 Å². The fraction of sp³-hybridized carbons (Fsp3) is 0.323. The number of ether oxygens (including phenoxy) is 2. The number of hydrogen-bond acceptors (Lipinski definition) is 17. The van der Waals surface area contributed by atoms with Crippen LogP contribution in [0.4, 0.5) is 0 Å². The van der Waals surface area contributed by atoms with Gasteiger partial charge >= 0.3 is 11.9 Å². The lowest BCUT2D eigenvalue weighted by Crippen LogP contribution is -2.44. The quantitative estimate of drug-likeness (QED) is 0.154. The average Bonchev–Trinajstić information content (AvgIpc) is 2.00. The highest BCUT2D eigenvalue weighted by atomic mass is 79.9. The Kier molecular flexibility index (Phi) is 15.6. The molecule has 87 heavy (non-hydrogen) atoms. The monoisotopic (exact) mass is 1410 g/mol. The molecule has 0 bridgehead atoms. The molecule has 1 N–H and O–H groups in total. The predicted octanol–water partition coefficient (Wildman–Crippen LogP) is 10.5. The van der Waals surface area contributed by atoms with E-state index in [1.165, 1.54) is 28.0 Å². The van der Waals surface area contributed by atoms with Gasteiger partial charge in [0.2, 0.25) is 5.91 Å². The van der Waals surface area contributed by atoms with Gasteiger partial charge in [-0.3, -0.25) is 43.1 Å². The first-order chi connectivity index (χ1) is 42.2. The zero-order valence-corrected chi connectivity index (χ0v) is 54.7. The first-order valence-corrected chi connectivity index (χ1v) is 33.3. The van der Waals surface area contributed by atoms with Gasteiger partial charge in [-0.05, 0) is 94.2 Å². The minimum absolute atomic E-state index is 0.00940. The summed E-state index contributed by atoms with van der Waals surface area (Å²) in [6, 6.07) is 24.3. The molecule has 3 atom stereocenters. The van der Waals surface area contributed by atoms with Gasteiger partial charge < -0.3 is 19.5 Å². The molecule has 7 aliphatic rings. The molecule has 10 heterocycles. The first-order valence-electron chi connectivity index (χ1n) is 28.5. The standard InChI is InChI=1S/C23H22BrN5O2S.C20H17BrN4O2S.C19H15BrN4O2S/c1-13-26-27-19-12-25-21(15-4-2-3-5-17(15)24)20-16-10-14(11-18(16)32-23(20)29(13)19)22(30)28-6-8-31-9-7-28;1-10-23-24-16-9-22-18(12-5-3-4-6-14(12)21)17-13-7-11(20(26)27-2)8-15(13)28-19(17)25(10)16;1-9-22-23-15-8-21-17(11-4-2-3-5-13(11)20)16-12-6-10(19(25)26)7-14(12)27-18(16)24(9)15/h2-5,14H,6-12H2,1H3;3-6,11H,7-9H2,1-2H3;2-5,10H,6-8H2,1H3,(H,25,26). The van der Waals surface area contributed by atoms with E-state index in [2.05, 4.69) is 104 Å². The van der Waals surface area contributed by atoms with Crippen molar-refractivity contribution in [2.45, 2.75) is 78.9 Å². The number of nitrogens with zero attached hydrogens (tertiary/aromatic N) is 13. The molecule has 9 aromatic rings. The molecular formula is C62H54Br3N13O6S3. The fourth-order valence-corrected chi connectivity index (χ4v) is 18.7. The summed E-state index contributed by atoms with van der Waals surface area (Å²) in [6.07, 6.45) is 4.02. The Hall–Kier alpha value is -7.00. The maximum Gasteiger partial charge on any atom is 0.309 e. The second-order valence-electron chi connectivity index (χ2n) is 22.1. The number of benzene rings is 3. The third kappa shape index (κ3) is 10.2. The second kappa shape index (κ2) is 23.5. The molecule has 0 spiro atoms. The molecule has 0 saturated carbocycles. The van der Waals surface area contributed by atoms with Crippen molar-refractivity contribution in [3.63, 3.8) is 0 Å². The van der Waals surface area contributed by atoms with Crippen molar-refractivity contribution in [2.24, 2.45) is 32.7 Å². The molecule has 6 aromatic heterocycles. The number of aryl methyl sites for hydroxylation is 3. The normalized spacial score (nSPS) is 18.4. The molecule has 4 aliphatic heterocycles. The number of aliphatic imine (C=N–C) groups is 3. The minimum atomic E-state index is -0.735. The lowest BCUT2D eigenvalue weighted by molar-refractivity contribution is -0.145. The zero-order chi connectivity index (χ0) is 59.9. The van der Waals surface area contributed by atoms with Crippen LogP contribution in [0.15, 0.2) is 101 Å². The molecule has 1 fully saturated rings. The highest BCUT2D eigenvalue weighted by molar-refractivity contribution is 9.11. The van der Waals surface area contributed by atoms with Crippen LogP contribution < -0.4 is 0 Å². The molecule has 3 unspecified atom stereocenters. The van der Waals surface area contributed by atoms with Crippen molar-refractivity contribution in [1.29, 1.82) is 0 Å². The number of aliphatic carboxylic acids is 1. The Balaban J connectivity index is 0.000000115. The van der Waals surface area contributed by atoms with Crippen LogP contribution in [0.25, 0.3) is 15.0 Å². The van der Waals surface area contributed by atoms with E-state index < -0.39 is 5.97 Å². The van der Waals surface area contributed by atoms with E-state index in [4.69, 9.17) is 24.5 Å². The van der Waals surface area contributed by atoms with E-state index in [1.807, 2.05) is 86.3 Å². The third-order valence-corrected chi connectivity index (χ3v) is 22.7. The minimum Gasteiger partial charge on any atom is -0.481 e. The van der Waals surface area contributed by atoms with Crippen LogP contribution in [0.3, 0.4) is 0 Å². The molecule has 16 rings (SSSR count). The number of morpholine rings is 1. The van der Waals surface area contributed by atoms with Crippen LogP contribution in [-0.2, 0) is 82.0 Å². The molecule has 3 aromatic carbocycles. The SMILES string of the molecule is COC(=O)C1Cc2sc3c(c2C1)C(c1ccccc1Br)=NCc1nnc(C)n1-3.Cc1nnc2n1-c1sc3c(c1C(c1ccccc1Br)=NC2)CC(C(=O)N1CCOCC1)C3.Cc1nnc2n1-c1sc3c(c1C(c1ccccc1Br)=NC2)CC(C(=O)O)C3. The molecule has 0 radical (unpaired) electrons. The van der Waals surface area contributed by atoms with E-state index in [0.29, 0.717) is 71.6 Å². The van der Waals surface area contributed by atoms with Crippen LogP contribution in [0, 0.1) is 38.5 Å². The molecular weight excluding hydrogens is 1360 g/mol. The summed E-state index contributed by atoms with van der Waals surface area (Å²) in [7, 11) is 1.45. The maximum atomic E-state index is 13.2. The highest BCUT2D eigenvalue weighted by Gasteiger charge is 2.41. The summed E-state index contributed by atoms with van der Waals surface area (Å²) in [5, 5.41) is 38.6. The van der Waals surface area contributed by atoms with Crippen molar-refractivity contribution in [3.05, 3.63) is 186 Å². The Morgan fingerprint density at radius 1 is 0.517 bits per heavy atom. The second-order valence-corrected chi connectivity index (χ2v) is 27.9. The van der Waals surface area contributed by atoms with Crippen molar-refractivity contribution in [1.82, 2.24) is 49.2 Å². The number of carboxylic acids is 1. The number of amides is 1. The number of halogens is 3. The van der Waals surface area contributed by atoms with Crippen molar-refractivity contribution < 1.29 is 29.0 Å². The third-order valence-electron chi connectivity index (χ3n) is 16.9. The number of aromatic nitrogens is 9. The first kappa shape index (κ1) is 57.7. The van der Waals surface area contributed by atoms with Gasteiger partial charge in [-0.15, -0.1) is 64.6 Å². The lowest BCUT2D eigenvalue weighted by atomic mass is 9.97. The number of hydrogen-bond donors (Lipinski definition) is 1. The number of methoxy groups -OCH3 is 1. The van der Waals surface area contributed by atoms with Gasteiger partial charge in [0.15, 0.2) is 17.5 Å². The number of rotatable bonds is 6. The van der Waals surface area contributed by atoms with E-state index >= 15 is 0 Å². The van der Waals surface area contributed by atoms with Gasteiger partial charge in [-0.2, -0.15) is 0 Å². The molecule has 442 valence electrons. The largest absolute Gasteiger partial charge is 0.481 e. The topological polar surface area (TPSA) is 222 Å². The molecule has 19 nitrogen and oxygen atoms in total. The summed E-state index contributed by atoms with van der Waals surface area (Å²) in [4.78, 5) is 57.4. The van der Waals surface area contributed by atoms with Crippen molar-refractivity contribution in [3.8, 4) is 15.0 Å². The summed E-state index contributed by atoms with van der Waals surface area (Å²) < 4.78 is 19.7. The van der Waals surface area contributed by atoms with Crippen molar-refractivity contribution in [2.75, 3.05) is 33.4 Å². The maximum absolute atomic E-state index is 13.2. The average molecular weight is 1410 g/mol. The van der Waals surface area contributed by atoms with Crippen LogP contribution >= 0.6 is 81.8 Å². The number of carbonyl (C=O) groups excluding carboxylic acids is 2. The van der Waals surface area contributed by atoms with Gasteiger partial charge in [0.05, 0.1) is 49.3 Å². The van der Waals surface area contributed by atoms with E-state index in [1.54, 1.807) is 34.0 Å². The van der Waals surface area contributed by atoms with Crippen molar-refractivity contribution >= 4 is 117 Å². The zero-order valence-electron chi connectivity index (χ0n) is 47.5. The summed E-state index contributed by atoms with van der Waals surface area (Å²) in [5.74, 6) is 3.92. The number of thiophene rings is 3. The smallest absolute Gasteiger partial charge is 0.309 e. The fourth-order valence-electron chi connectivity index (χ4n) is 12.8. The summed E-state index contributed by atoms with van der Waals surface area (Å²) >= 11 is 16.2. The predicted molar refractivity (Wildman–Crippen MR) is 342 cm³/mol.